The number of nitrogens with zero attached hydrogens (tertiary/aromatic N) is 2. The van der Waals surface area contributed by atoms with Crippen molar-refractivity contribution in [1.29, 1.82) is 0 Å². The summed E-state index contributed by atoms with van der Waals surface area (Å²) in [5.74, 6) is -0.750. The van der Waals surface area contributed by atoms with Gasteiger partial charge in [-0.25, -0.2) is 9.97 Å². The minimum Gasteiger partial charge on any atom is -0.394 e. The molecule has 2 unspecified atom stereocenters. The zero-order chi connectivity index (χ0) is 15.1. The highest BCUT2D eigenvalue weighted by molar-refractivity contribution is 7.71. The van der Waals surface area contributed by atoms with E-state index in [1.54, 1.807) is 0 Å². The van der Waals surface area contributed by atoms with Crippen LogP contribution in [0.15, 0.2) is 12.3 Å². The van der Waals surface area contributed by atoms with Crippen LogP contribution in [-0.4, -0.2) is 55.2 Å². The van der Waals surface area contributed by atoms with E-state index in [0.717, 1.165) is 6.20 Å². The number of aliphatic hydroxyl groups is 3. The number of pyridine rings is 1. The maximum Gasteiger partial charge on any atom is 0.232 e. The van der Waals surface area contributed by atoms with Gasteiger partial charge in [0.1, 0.15) is 34.6 Å². The van der Waals surface area contributed by atoms with Crippen LogP contribution in [0.1, 0.15) is 11.7 Å². The number of hydrogen-bond acceptors (Lipinski definition) is 7. The molecule has 3 rings (SSSR count). The molecule has 0 amide bonds. The second-order valence-corrected chi connectivity index (χ2v) is 5.15. The van der Waals surface area contributed by atoms with E-state index in [1.165, 1.54) is 6.07 Å². The van der Waals surface area contributed by atoms with E-state index in [0.29, 0.717) is 11.2 Å². The number of aliphatic hydroxyl groups excluding tert-OH is 3. The second kappa shape index (κ2) is 5.35. The van der Waals surface area contributed by atoms with Gasteiger partial charge in [-0.05, 0) is 6.07 Å². The molecule has 0 aromatic carbocycles. The summed E-state index contributed by atoms with van der Waals surface area (Å²) in [7, 11) is 0. The van der Waals surface area contributed by atoms with Crippen LogP contribution in [0.2, 0.25) is 0 Å². The van der Waals surface area contributed by atoms with Gasteiger partial charge in [-0.3, -0.25) is 0 Å². The molecular formula is C12H12FN3O4S. The number of aromatic amines is 1. The summed E-state index contributed by atoms with van der Waals surface area (Å²) in [6.07, 6.45) is -3.37. The van der Waals surface area contributed by atoms with Crippen LogP contribution in [0, 0.1) is 10.6 Å². The lowest BCUT2D eigenvalue weighted by Crippen LogP contribution is -2.32. The third-order valence-electron chi connectivity index (χ3n) is 3.41. The molecule has 3 heterocycles. The number of fused-ring (bicyclic) bond motifs is 1. The second-order valence-electron chi connectivity index (χ2n) is 4.74. The topological polar surface area (TPSA) is 111 Å². The Bertz CT molecular complexity index is 740. The first kappa shape index (κ1) is 14.4. The molecule has 0 saturated carbocycles. The monoisotopic (exact) mass is 313 g/mol. The Balaban J connectivity index is 2.08. The van der Waals surface area contributed by atoms with Gasteiger partial charge in [-0.2, -0.15) is 4.39 Å². The third kappa shape index (κ3) is 2.43. The number of nitrogens with one attached hydrogen (secondary N) is 1. The molecule has 1 aliphatic heterocycles. The van der Waals surface area contributed by atoms with Gasteiger partial charge in [0, 0.05) is 5.56 Å². The highest BCUT2D eigenvalue weighted by Crippen LogP contribution is 2.34. The Kier molecular flexibility index (Phi) is 3.68. The van der Waals surface area contributed by atoms with Crippen molar-refractivity contribution in [2.75, 3.05) is 6.61 Å². The quantitative estimate of drug-likeness (QED) is 0.577. The lowest BCUT2D eigenvalue weighted by atomic mass is 10.0. The fraction of sp³-hybridized carbons (Fsp3) is 0.417. The first-order valence-corrected chi connectivity index (χ1v) is 6.60. The SMILES string of the molecule is OC[C@H]1O[C@@H](c2cc3nc(F)cnc3[nH]c2=S)C(O)C1O. The minimum atomic E-state index is -1.25. The van der Waals surface area contributed by atoms with Gasteiger partial charge in [-0.1, -0.05) is 12.2 Å². The van der Waals surface area contributed by atoms with Gasteiger partial charge in [0.05, 0.1) is 12.8 Å². The molecular weight excluding hydrogens is 301 g/mol. The molecule has 1 saturated heterocycles. The lowest BCUT2D eigenvalue weighted by Gasteiger charge is -2.15. The zero-order valence-corrected chi connectivity index (χ0v) is 11.4. The number of aromatic nitrogens is 3. The fourth-order valence-electron chi connectivity index (χ4n) is 2.34. The van der Waals surface area contributed by atoms with Gasteiger partial charge >= 0.3 is 0 Å². The van der Waals surface area contributed by atoms with Crippen LogP contribution in [0.25, 0.3) is 11.2 Å². The van der Waals surface area contributed by atoms with E-state index in [9.17, 15) is 14.6 Å². The van der Waals surface area contributed by atoms with Crippen molar-refractivity contribution in [3.8, 4) is 0 Å². The van der Waals surface area contributed by atoms with Crippen LogP contribution in [0.4, 0.5) is 4.39 Å². The number of rotatable bonds is 2. The molecule has 9 heteroatoms. The summed E-state index contributed by atoms with van der Waals surface area (Å²) in [4.78, 5) is 10.3. The maximum absolute atomic E-state index is 13.1. The highest BCUT2D eigenvalue weighted by atomic mass is 32.1. The number of ether oxygens (including phenoxy) is 1. The Hall–Kier alpha value is -1.52. The van der Waals surface area contributed by atoms with Crippen molar-refractivity contribution in [1.82, 2.24) is 15.0 Å². The van der Waals surface area contributed by atoms with E-state index in [2.05, 4.69) is 15.0 Å². The van der Waals surface area contributed by atoms with Crippen LogP contribution >= 0.6 is 12.2 Å². The molecule has 0 aliphatic carbocycles. The van der Waals surface area contributed by atoms with Gasteiger partial charge in [0.15, 0.2) is 5.65 Å². The summed E-state index contributed by atoms with van der Waals surface area (Å²) in [5.41, 5.74) is 0.869. The van der Waals surface area contributed by atoms with Gasteiger partial charge < -0.3 is 25.0 Å². The van der Waals surface area contributed by atoms with E-state index in [-0.39, 0.29) is 10.2 Å². The Labute approximate surface area is 123 Å². The summed E-state index contributed by atoms with van der Waals surface area (Å²) in [6, 6.07) is 1.45. The van der Waals surface area contributed by atoms with Crippen molar-refractivity contribution in [3.05, 3.63) is 28.4 Å². The molecule has 0 bridgehead atoms. The molecule has 0 spiro atoms. The summed E-state index contributed by atoms with van der Waals surface area (Å²) >= 11 is 5.16. The van der Waals surface area contributed by atoms with Crippen molar-refractivity contribution in [3.63, 3.8) is 0 Å². The zero-order valence-electron chi connectivity index (χ0n) is 10.6. The molecule has 4 atom stereocenters. The predicted molar refractivity (Wildman–Crippen MR) is 71.4 cm³/mol. The fourth-order valence-corrected chi connectivity index (χ4v) is 2.61. The standard InChI is InChI=1S/C12H12FN3O4S/c13-7-2-14-11-5(15-7)1-4(12(21)16-11)10-9(19)8(18)6(3-17)20-10/h1-2,6,8-10,17-19H,3H2,(H,14,16,21)/t6-,8?,9?,10+/m1/s1. The number of halogens is 1. The maximum atomic E-state index is 13.1. The minimum absolute atomic E-state index is 0.219. The molecule has 4 N–H and O–H groups in total. The Morgan fingerprint density at radius 2 is 2.14 bits per heavy atom. The third-order valence-corrected chi connectivity index (χ3v) is 3.74. The smallest absolute Gasteiger partial charge is 0.232 e. The number of H-pyrrole nitrogens is 1. The molecule has 21 heavy (non-hydrogen) atoms. The summed E-state index contributed by atoms with van der Waals surface area (Å²) in [5, 5.41) is 28.9. The molecule has 2 aromatic rings. The van der Waals surface area contributed by atoms with Gasteiger partial charge in [-0.15, -0.1) is 0 Å². The molecule has 1 fully saturated rings. The number of hydrogen-bond donors (Lipinski definition) is 4. The average Bonchev–Trinajstić information content (AvgIpc) is 2.75. The van der Waals surface area contributed by atoms with Gasteiger partial charge in [0.25, 0.3) is 0 Å². The summed E-state index contributed by atoms with van der Waals surface area (Å²) < 4.78 is 18.8. The summed E-state index contributed by atoms with van der Waals surface area (Å²) in [6.45, 7) is -0.437. The van der Waals surface area contributed by atoms with Crippen molar-refractivity contribution in [2.45, 2.75) is 24.4 Å². The molecule has 7 nitrogen and oxygen atoms in total. The largest absolute Gasteiger partial charge is 0.394 e. The first-order chi connectivity index (χ1) is 10.0. The van der Waals surface area contributed by atoms with Crippen molar-refractivity contribution < 1.29 is 24.4 Å². The van der Waals surface area contributed by atoms with E-state index >= 15 is 0 Å². The van der Waals surface area contributed by atoms with Gasteiger partial charge in [0.2, 0.25) is 5.95 Å². The van der Waals surface area contributed by atoms with E-state index < -0.39 is 37.0 Å². The van der Waals surface area contributed by atoms with E-state index in [4.69, 9.17) is 22.1 Å². The Morgan fingerprint density at radius 1 is 1.38 bits per heavy atom. The van der Waals surface area contributed by atoms with Crippen molar-refractivity contribution >= 4 is 23.4 Å². The Morgan fingerprint density at radius 3 is 2.81 bits per heavy atom. The predicted octanol–water partition coefficient (Wildman–Crippen LogP) is -0.0195. The molecule has 2 aromatic heterocycles. The van der Waals surface area contributed by atoms with E-state index in [1.807, 2.05) is 0 Å². The highest BCUT2D eigenvalue weighted by Gasteiger charge is 2.43. The van der Waals surface area contributed by atoms with Crippen LogP contribution in [-0.2, 0) is 4.74 Å². The molecule has 1 aliphatic rings. The van der Waals surface area contributed by atoms with Crippen LogP contribution in [0.3, 0.4) is 0 Å². The normalized spacial score (nSPS) is 29.1. The van der Waals surface area contributed by atoms with Crippen LogP contribution in [0.5, 0.6) is 0 Å². The molecule has 112 valence electrons. The average molecular weight is 313 g/mol. The lowest BCUT2D eigenvalue weighted by molar-refractivity contribution is -0.0229. The molecule has 0 radical (unpaired) electrons. The first-order valence-electron chi connectivity index (χ1n) is 6.19. The van der Waals surface area contributed by atoms with Crippen LogP contribution < -0.4 is 0 Å². The van der Waals surface area contributed by atoms with Crippen molar-refractivity contribution in [2.24, 2.45) is 0 Å².